The average molecular weight is 286 g/mol. The number of hydrogen-bond donors (Lipinski definition) is 2. The van der Waals surface area contributed by atoms with E-state index in [1.54, 1.807) is 0 Å². The predicted molar refractivity (Wildman–Crippen MR) is 81.8 cm³/mol. The van der Waals surface area contributed by atoms with E-state index < -0.39 is 0 Å². The van der Waals surface area contributed by atoms with Gasteiger partial charge < -0.3 is 10.6 Å². The second-order valence-electron chi connectivity index (χ2n) is 6.28. The van der Waals surface area contributed by atoms with Crippen molar-refractivity contribution in [1.82, 2.24) is 5.32 Å². The van der Waals surface area contributed by atoms with Crippen LogP contribution in [0.3, 0.4) is 0 Å². The number of rotatable bonds is 5. The molecule has 3 rings (SSSR count). The summed E-state index contributed by atoms with van der Waals surface area (Å²) in [5.41, 5.74) is 2.07. The van der Waals surface area contributed by atoms with Crippen LogP contribution in [-0.2, 0) is 16.0 Å². The molecule has 0 aromatic heterocycles. The molecule has 1 saturated carbocycles. The first-order valence-corrected chi connectivity index (χ1v) is 7.81. The van der Waals surface area contributed by atoms with Crippen molar-refractivity contribution >= 4 is 17.5 Å². The highest BCUT2D eigenvalue weighted by molar-refractivity contribution is 5.96. The van der Waals surface area contributed by atoms with Crippen LogP contribution in [0.25, 0.3) is 0 Å². The molecule has 2 amide bonds. The summed E-state index contributed by atoms with van der Waals surface area (Å²) in [6.07, 6.45) is 4.22. The van der Waals surface area contributed by atoms with E-state index >= 15 is 0 Å². The van der Waals surface area contributed by atoms with Crippen LogP contribution in [0, 0.1) is 11.8 Å². The van der Waals surface area contributed by atoms with Gasteiger partial charge in [0.25, 0.3) is 0 Å². The van der Waals surface area contributed by atoms with Gasteiger partial charge in [0.05, 0.1) is 0 Å². The Labute approximate surface area is 125 Å². The summed E-state index contributed by atoms with van der Waals surface area (Å²) in [4.78, 5) is 24.0. The maximum atomic E-state index is 12.1. The fourth-order valence-corrected chi connectivity index (χ4v) is 2.99. The van der Waals surface area contributed by atoms with Gasteiger partial charge in [-0.3, -0.25) is 9.59 Å². The van der Waals surface area contributed by atoms with Crippen molar-refractivity contribution in [3.05, 3.63) is 29.8 Å². The van der Waals surface area contributed by atoms with Crippen LogP contribution < -0.4 is 10.6 Å². The van der Waals surface area contributed by atoms with E-state index in [0.717, 1.165) is 17.7 Å². The van der Waals surface area contributed by atoms with Gasteiger partial charge in [0.2, 0.25) is 11.8 Å². The highest BCUT2D eigenvalue weighted by Gasteiger charge is 2.30. The lowest BCUT2D eigenvalue weighted by molar-refractivity contribution is -0.123. The second kappa shape index (κ2) is 5.88. The van der Waals surface area contributed by atoms with Crippen LogP contribution in [-0.4, -0.2) is 17.9 Å². The molecule has 0 radical (unpaired) electrons. The van der Waals surface area contributed by atoms with Crippen molar-refractivity contribution in [1.29, 1.82) is 0 Å². The molecular weight excluding hydrogens is 264 g/mol. The first-order chi connectivity index (χ1) is 10.1. The molecule has 0 bridgehead atoms. The minimum absolute atomic E-state index is 0.0386. The Bertz CT molecular complexity index is 551. The summed E-state index contributed by atoms with van der Waals surface area (Å²) in [5.74, 6) is 0.679. The molecule has 0 spiro atoms. The Morgan fingerprint density at radius 2 is 2.14 bits per heavy atom. The number of anilines is 1. The Kier molecular flexibility index (Phi) is 3.95. The summed E-state index contributed by atoms with van der Waals surface area (Å²) < 4.78 is 0. The molecule has 4 nitrogen and oxygen atoms in total. The molecule has 1 heterocycles. The summed E-state index contributed by atoms with van der Waals surface area (Å²) in [6, 6.07) is 8.15. The summed E-state index contributed by atoms with van der Waals surface area (Å²) >= 11 is 0. The SMILES string of the molecule is C[C@@H](NC(=O)CC[C@H]1Cc2ccccc2NC1=O)C1CC1. The number of hydrogen-bond acceptors (Lipinski definition) is 2. The molecule has 1 aliphatic heterocycles. The van der Waals surface area contributed by atoms with Crippen LogP contribution >= 0.6 is 0 Å². The molecule has 4 heteroatoms. The fourth-order valence-electron chi connectivity index (χ4n) is 2.99. The van der Waals surface area contributed by atoms with Crippen LogP contribution in [0.15, 0.2) is 24.3 Å². The summed E-state index contributed by atoms with van der Waals surface area (Å²) in [6.45, 7) is 2.07. The van der Waals surface area contributed by atoms with Gasteiger partial charge in [-0.15, -0.1) is 0 Å². The molecule has 2 aliphatic rings. The monoisotopic (exact) mass is 286 g/mol. The maximum Gasteiger partial charge on any atom is 0.227 e. The molecule has 1 aromatic rings. The molecule has 1 aromatic carbocycles. The van der Waals surface area contributed by atoms with Crippen molar-refractivity contribution in [2.24, 2.45) is 11.8 Å². The zero-order valence-electron chi connectivity index (χ0n) is 12.4. The van der Waals surface area contributed by atoms with E-state index in [1.807, 2.05) is 24.3 Å². The molecule has 112 valence electrons. The fraction of sp³-hybridized carbons (Fsp3) is 0.529. The van der Waals surface area contributed by atoms with Gasteiger partial charge in [-0.1, -0.05) is 18.2 Å². The second-order valence-corrected chi connectivity index (χ2v) is 6.28. The van der Waals surface area contributed by atoms with Gasteiger partial charge in [0, 0.05) is 24.1 Å². The van der Waals surface area contributed by atoms with Crippen molar-refractivity contribution in [3.8, 4) is 0 Å². The molecule has 1 fully saturated rings. The van der Waals surface area contributed by atoms with Gasteiger partial charge in [0.1, 0.15) is 0 Å². The molecular formula is C17H22N2O2. The number of amides is 2. The standard InChI is InChI=1S/C17H22N2O2/c1-11(12-6-7-12)18-16(20)9-8-14-10-13-4-2-3-5-15(13)19-17(14)21/h2-5,11-12,14H,6-10H2,1H3,(H,18,20)(H,19,21)/t11-,14+/m1/s1. The molecule has 2 N–H and O–H groups in total. The summed E-state index contributed by atoms with van der Waals surface area (Å²) in [7, 11) is 0. The third-order valence-electron chi connectivity index (χ3n) is 4.55. The van der Waals surface area contributed by atoms with Gasteiger partial charge in [-0.2, -0.15) is 0 Å². The van der Waals surface area contributed by atoms with E-state index in [4.69, 9.17) is 0 Å². The highest BCUT2D eigenvalue weighted by atomic mass is 16.2. The first kappa shape index (κ1) is 14.1. The quantitative estimate of drug-likeness (QED) is 0.873. The molecule has 21 heavy (non-hydrogen) atoms. The average Bonchev–Trinajstić information content (AvgIpc) is 3.29. The maximum absolute atomic E-state index is 12.1. The van der Waals surface area contributed by atoms with Crippen LogP contribution in [0.4, 0.5) is 5.69 Å². The van der Waals surface area contributed by atoms with Crippen LogP contribution in [0.2, 0.25) is 0 Å². The molecule has 0 saturated heterocycles. The zero-order chi connectivity index (χ0) is 14.8. The molecule has 0 unspecified atom stereocenters. The largest absolute Gasteiger partial charge is 0.353 e. The Morgan fingerprint density at radius 1 is 1.38 bits per heavy atom. The smallest absolute Gasteiger partial charge is 0.227 e. The number of fused-ring (bicyclic) bond motifs is 1. The van der Waals surface area contributed by atoms with E-state index in [9.17, 15) is 9.59 Å². The summed E-state index contributed by atoms with van der Waals surface area (Å²) in [5, 5.41) is 5.98. The van der Waals surface area contributed by atoms with Gasteiger partial charge in [0.15, 0.2) is 0 Å². The molecule has 1 aliphatic carbocycles. The van der Waals surface area contributed by atoms with Crippen molar-refractivity contribution in [2.75, 3.05) is 5.32 Å². The normalized spacial score (nSPS) is 22.1. The number of benzene rings is 1. The minimum Gasteiger partial charge on any atom is -0.353 e. The van der Waals surface area contributed by atoms with E-state index in [0.29, 0.717) is 18.8 Å². The minimum atomic E-state index is -0.0955. The van der Waals surface area contributed by atoms with E-state index in [-0.39, 0.29) is 23.8 Å². The van der Waals surface area contributed by atoms with Crippen molar-refractivity contribution in [3.63, 3.8) is 0 Å². The topological polar surface area (TPSA) is 58.2 Å². The lowest BCUT2D eigenvalue weighted by Gasteiger charge is -2.24. The predicted octanol–water partition coefficient (Wildman–Crippen LogP) is 2.49. The Balaban J connectivity index is 1.51. The van der Waals surface area contributed by atoms with Gasteiger partial charge in [-0.05, 0) is 50.2 Å². The lowest BCUT2D eigenvalue weighted by Crippen LogP contribution is -2.35. The number of carbonyl (C=O) groups excluding carboxylic acids is 2. The lowest BCUT2D eigenvalue weighted by atomic mass is 9.89. The molecule has 2 atom stereocenters. The van der Waals surface area contributed by atoms with Crippen molar-refractivity contribution in [2.45, 2.75) is 45.1 Å². The third-order valence-corrected chi connectivity index (χ3v) is 4.55. The number of nitrogens with one attached hydrogen (secondary N) is 2. The first-order valence-electron chi connectivity index (χ1n) is 7.81. The number of para-hydroxylation sites is 1. The van der Waals surface area contributed by atoms with Gasteiger partial charge in [-0.25, -0.2) is 0 Å². The van der Waals surface area contributed by atoms with E-state index in [1.165, 1.54) is 12.8 Å². The zero-order valence-corrected chi connectivity index (χ0v) is 12.4. The van der Waals surface area contributed by atoms with E-state index in [2.05, 4.69) is 17.6 Å². The van der Waals surface area contributed by atoms with Crippen LogP contribution in [0.5, 0.6) is 0 Å². The highest BCUT2D eigenvalue weighted by Crippen LogP contribution is 2.32. The Morgan fingerprint density at radius 3 is 2.90 bits per heavy atom. The Hall–Kier alpha value is -1.84. The third kappa shape index (κ3) is 3.43. The van der Waals surface area contributed by atoms with Crippen LogP contribution in [0.1, 0.15) is 38.2 Å². The van der Waals surface area contributed by atoms with Gasteiger partial charge >= 0.3 is 0 Å². The van der Waals surface area contributed by atoms with Crippen molar-refractivity contribution < 1.29 is 9.59 Å². The number of carbonyl (C=O) groups is 2.